The maximum Gasteiger partial charge on any atom is 0.000842 e. The lowest BCUT2D eigenvalue weighted by Crippen LogP contribution is -2.47. The van der Waals surface area contributed by atoms with Crippen molar-refractivity contribution < 1.29 is 0 Å². The van der Waals surface area contributed by atoms with Crippen LogP contribution in [0, 0.1) is 11.3 Å². The van der Waals surface area contributed by atoms with E-state index in [1.54, 1.807) is 0 Å². The first kappa shape index (κ1) is 11.4. The average molecular weight is 210 g/mol. The molecule has 15 heavy (non-hydrogen) atoms. The molecule has 1 aliphatic heterocycles. The number of piperidine rings is 1. The lowest BCUT2D eigenvalue weighted by molar-refractivity contribution is 0.0618. The number of nitrogens with one attached hydrogen (secondary N) is 1. The van der Waals surface area contributed by atoms with Crippen molar-refractivity contribution >= 4 is 0 Å². The topological polar surface area (TPSA) is 15.3 Å². The first-order chi connectivity index (χ1) is 7.27. The van der Waals surface area contributed by atoms with Crippen LogP contribution in [0.5, 0.6) is 0 Å². The second-order valence-corrected chi connectivity index (χ2v) is 5.68. The molecule has 1 saturated carbocycles. The second-order valence-electron chi connectivity index (χ2n) is 5.68. The summed E-state index contributed by atoms with van der Waals surface area (Å²) in [7, 11) is 4.38. The summed E-state index contributed by atoms with van der Waals surface area (Å²) in [5.74, 6) is 1.01. The van der Waals surface area contributed by atoms with E-state index < -0.39 is 0 Å². The van der Waals surface area contributed by atoms with Gasteiger partial charge in [0, 0.05) is 6.54 Å². The summed E-state index contributed by atoms with van der Waals surface area (Å²) in [5, 5.41) is 3.45. The van der Waals surface area contributed by atoms with Crippen LogP contribution in [0.4, 0.5) is 0 Å². The van der Waals surface area contributed by atoms with E-state index in [4.69, 9.17) is 0 Å². The first-order valence-corrected chi connectivity index (χ1v) is 6.60. The van der Waals surface area contributed by atoms with Crippen LogP contribution in [0.3, 0.4) is 0 Å². The van der Waals surface area contributed by atoms with Crippen molar-refractivity contribution in [3.63, 3.8) is 0 Å². The van der Waals surface area contributed by atoms with Gasteiger partial charge in [0.05, 0.1) is 0 Å². The van der Waals surface area contributed by atoms with E-state index in [0.717, 1.165) is 5.92 Å². The molecule has 0 aromatic rings. The Morgan fingerprint density at radius 3 is 2.33 bits per heavy atom. The molecular weight excluding hydrogens is 184 g/mol. The molecule has 2 heteroatoms. The summed E-state index contributed by atoms with van der Waals surface area (Å²) in [4.78, 5) is 2.49. The highest BCUT2D eigenvalue weighted by atomic mass is 15.1. The van der Waals surface area contributed by atoms with Crippen molar-refractivity contribution in [1.29, 1.82) is 0 Å². The zero-order chi connectivity index (χ0) is 10.7. The van der Waals surface area contributed by atoms with E-state index in [0.29, 0.717) is 5.41 Å². The van der Waals surface area contributed by atoms with E-state index in [1.165, 1.54) is 58.2 Å². The predicted molar refractivity (Wildman–Crippen MR) is 65.0 cm³/mol. The summed E-state index contributed by atoms with van der Waals surface area (Å²) in [6, 6.07) is 0. The fraction of sp³-hybridized carbons (Fsp3) is 1.00. The van der Waals surface area contributed by atoms with Gasteiger partial charge in [-0.05, 0) is 64.2 Å². The molecule has 0 atom stereocenters. The van der Waals surface area contributed by atoms with Crippen molar-refractivity contribution in [3.05, 3.63) is 0 Å². The molecule has 0 spiro atoms. The van der Waals surface area contributed by atoms with Crippen molar-refractivity contribution in [3.8, 4) is 0 Å². The Kier molecular flexibility index (Phi) is 3.68. The van der Waals surface area contributed by atoms with Gasteiger partial charge in [0.2, 0.25) is 0 Å². The van der Waals surface area contributed by atoms with Gasteiger partial charge in [-0.15, -0.1) is 0 Å². The highest BCUT2D eigenvalue weighted by Gasteiger charge is 2.41. The summed E-state index contributed by atoms with van der Waals surface area (Å²) >= 11 is 0. The Labute approximate surface area is 94.4 Å². The number of rotatable bonds is 3. The quantitative estimate of drug-likeness (QED) is 0.767. The van der Waals surface area contributed by atoms with Crippen LogP contribution in [-0.4, -0.2) is 38.6 Å². The van der Waals surface area contributed by atoms with E-state index in [1.807, 2.05) is 0 Å². The Morgan fingerprint density at radius 1 is 1.20 bits per heavy atom. The Hall–Kier alpha value is -0.0800. The van der Waals surface area contributed by atoms with E-state index in [2.05, 4.69) is 24.3 Å². The molecule has 88 valence electrons. The standard InChI is InChI=1S/C13H26N2/c1-14-11-13(12-5-3-4-6-12)7-9-15(2)10-8-13/h12,14H,3-11H2,1-2H3. The highest BCUT2D eigenvalue weighted by Crippen LogP contribution is 2.46. The van der Waals surface area contributed by atoms with Crippen molar-refractivity contribution in [2.75, 3.05) is 33.7 Å². The molecule has 0 unspecified atom stereocenters. The lowest BCUT2D eigenvalue weighted by Gasteiger charge is -2.45. The normalized spacial score (nSPS) is 28.4. The third-order valence-electron chi connectivity index (χ3n) is 4.73. The number of hydrogen-bond acceptors (Lipinski definition) is 2. The molecule has 2 aliphatic rings. The molecule has 2 fully saturated rings. The monoisotopic (exact) mass is 210 g/mol. The van der Waals surface area contributed by atoms with Gasteiger partial charge in [-0.25, -0.2) is 0 Å². The molecule has 0 aromatic heterocycles. The number of likely N-dealkylation sites (tertiary alicyclic amines) is 1. The van der Waals surface area contributed by atoms with Crippen LogP contribution in [-0.2, 0) is 0 Å². The van der Waals surface area contributed by atoms with Gasteiger partial charge in [-0.1, -0.05) is 12.8 Å². The highest BCUT2D eigenvalue weighted by molar-refractivity contribution is 4.93. The first-order valence-electron chi connectivity index (χ1n) is 6.60. The lowest BCUT2D eigenvalue weighted by atomic mass is 9.68. The van der Waals surface area contributed by atoms with Gasteiger partial charge in [-0.2, -0.15) is 0 Å². The minimum Gasteiger partial charge on any atom is -0.319 e. The van der Waals surface area contributed by atoms with Crippen LogP contribution in [0.2, 0.25) is 0 Å². The van der Waals surface area contributed by atoms with Crippen molar-refractivity contribution in [2.24, 2.45) is 11.3 Å². The van der Waals surface area contributed by atoms with Crippen LogP contribution in [0.15, 0.2) is 0 Å². The Bertz CT molecular complexity index is 189. The van der Waals surface area contributed by atoms with E-state index in [-0.39, 0.29) is 0 Å². The second kappa shape index (κ2) is 4.84. The zero-order valence-corrected chi connectivity index (χ0v) is 10.4. The third-order valence-corrected chi connectivity index (χ3v) is 4.73. The molecule has 1 heterocycles. The largest absolute Gasteiger partial charge is 0.319 e. The van der Waals surface area contributed by atoms with Crippen LogP contribution in [0.25, 0.3) is 0 Å². The van der Waals surface area contributed by atoms with Crippen molar-refractivity contribution in [1.82, 2.24) is 10.2 Å². The minimum atomic E-state index is 0.637. The van der Waals surface area contributed by atoms with Gasteiger partial charge in [0.1, 0.15) is 0 Å². The van der Waals surface area contributed by atoms with Crippen LogP contribution in [0.1, 0.15) is 38.5 Å². The molecule has 2 rings (SSSR count). The van der Waals surface area contributed by atoms with Gasteiger partial charge >= 0.3 is 0 Å². The maximum absolute atomic E-state index is 3.45. The summed E-state index contributed by atoms with van der Waals surface area (Å²) < 4.78 is 0. The molecule has 1 saturated heterocycles. The third kappa shape index (κ3) is 2.36. The Morgan fingerprint density at radius 2 is 1.80 bits per heavy atom. The van der Waals surface area contributed by atoms with E-state index >= 15 is 0 Å². The van der Waals surface area contributed by atoms with Gasteiger partial charge in [-0.3, -0.25) is 0 Å². The zero-order valence-electron chi connectivity index (χ0n) is 10.4. The average Bonchev–Trinajstić information content (AvgIpc) is 2.76. The van der Waals surface area contributed by atoms with Crippen molar-refractivity contribution in [2.45, 2.75) is 38.5 Å². The predicted octanol–water partition coefficient (Wildman–Crippen LogP) is 2.11. The molecule has 1 N–H and O–H groups in total. The SMILES string of the molecule is CNCC1(C2CCCC2)CCN(C)CC1. The smallest absolute Gasteiger partial charge is 0.000842 e. The molecule has 0 amide bonds. The molecule has 0 aromatic carbocycles. The summed E-state index contributed by atoms with van der Waals surface area (Å²) in [6.45, 7) is 3.85. The molecule has 0 bridgehead atoms. The van der Waals surface area contributed by atoms with E-state index in [9.17, 15) is 0 Å². The molecule has 2 nitrogen and oxygen atoms in total. The maximum atomic E-state index is 3.45. The van der Waals surface area contributed by atoms with Gasteiger partial charge in [0.25, 0.3) is 0 Å². The molecule has 0 radical (unpaired) electrons. The fourth-order valence-corrected chi connectivity index (χ4v) is 3.68. The van der Waals surface area contributed by atoms with Crippen LogP contribution >= 0.6 is 0 Å². The molecular formula is C13H26N2. The Balaban J connectivity index is 2.02. The summed E-state index contributed by atoms with van der Waals surface area (Å²) in [5.41, 5.74) is 0.637. The summed E-state index contributed by atoms with van der Waals surface area (Å²) in [6.07, 6.45) is 8.76. The van der Waals surface area contributed by atoms with Gasteiger partial charge < -0.3 is 10.2 Å². The van der Waals surface area contributed by atoms with Gasteiger partial charge in [0.15, 0.2) is 0 Å². The molecule has 1 aliphatic carbocycles. The fourth-order valence-electron chi connectivity index (χ4n) is 3.68. The number of nitrogens with zero attached hydrogens (tertiary/aromatic N) is 1. The number of hydrogen-bond donors (Lipinski definition) is 1. The van der Waals surface area contributed by atoms with Crippen LogP contribution < -0.4 is 5.32 Å². The minimum absolute atomic E-state index is 0.637.